The van der Waals surface area contributed by atoms with Gasteiger partial charge in [0.25, 0.3) is 0 Å². The summed E-state index contributed by atoms with van der Waals surface area (Å²) in [6.07, 6.45) is 8.51. The maximum Gasteiger partial charge on any atom is 0.236 e. The minimum Gasteiger partial charge on any atom is -0.383 e. The van der Waals surface area contributed by atoms with Crippen LogP contribution in [0.1, 0.15) is 38.5 Å². The second kappa shape index (κ2) is 7.50. The minimum atomic E-state index is 0. The molecule has 5 heteroatoms. The van der Waals surface area contributed by atoms with Crippen LogP contribution in [0.15, 0.2) is 0 Å². The Hall–Kier alpha value is -0.320. The van der Waals surface area contributed by atoms with E-state index < -0.39 is 0 Å². The van der Waals surface area contributed by atoms with E-state index in [2.05, 4.69) is 5.32 Å². The van der Waals surface area contributed by atoms with Crippen molar-refractivity contribution in [2.75, 3.05) is 40.4 Å². The molecule has 4 saturated carbocycles. The highest BCUT2D eigenvalue weighted by atomic mass is 35.5. The second-order valence-electron chi connectivity index (χ2n) is 7.84. The average molecular weight is 331 g/mol. The number of carbonyl (C=O) groups is 1. The SMILES string of the molecule is COCCNCC(=O)N(C)CC12CC3CC(CC(C3)C1)C2.Cl. The molecular weight excluding hydrogens is 300 g/mol. The molecular formula is C17H31ClN2O2. The third-order valence-electron chi connectivity index (χ3n) is 5.92. The van der Waals surface area contributed by atoms with Crippen LogP contribution < -0.4 is 5.32 Å². The Labute approximate surface area is 140 Å². The van der Waals surface area contributed by atoms with Crippen LogP contribution in [0.5, 0.6) is 0 Å². The second-order valence-corrected chi connectivity index (χ2v) is 7.84. The Bertz CT molecular complexity index is 354. The molecule has 0 aromatic carbocycles. The van der Waals surface area contributed by atoms with E-state index in [0.717, 1.165) is 30.8 Å². The zero-order valence-electron chi connectivity index (χ0n) is 14.0. The van der Waals surface area contributed by atoms with Gasteiger partial charge in [-0.15, -0.1) is 12.4 Å². The van der Waals surface area contributed by atoms with Gasteiger partial charge in [0.2, 0.25) is 5.91 Å². The summed E-state index contributed by atoms with van der Waals surface area (Å²) in [5.41, 5.74) is 0.450. The van der Waals surface area contributed by atoms with Crippen molar-refractivity contribution in [1.29, 1.82) is 0 Å². The predicted octanol–water partition coefficient (Wildman–Crippen LogP) is 2.32. The molecule has 0 atom stereocenters. The van der Waals surface area contributed by atoms with Gasteiger partial charge in [-0.3, -0.25) is 4.79 Å². The molecule has 0 heterocycles. The molecule has 128 valence electrons. The molecule has 4 bridgehead atoms. The van der Waals surface area contributed by atoms with Crippen LogP contribution in [0.4, 0.5) is 0 Å². The number of rotatable bonds is 7. The minimum absolute atomic E-state index is 0. The van der Waals surface area contributed by atoms with Crippen molar-refractivity contribution in [2.45, 2.75) is 38.5 Å². The average Bonchev–Trinajstić information content (AvgIpc) is 2.41. The summed E-state index contributed by atoms with van der Waals surface area (Å²) in [4.78, 5) is 14.2. The first-order valence-corrected chi connectivity index (χ1v) is 8.54. The van der Waals surface area contributed by atoms with E-state index in [1.807, 2.05) is 11.9 Å². The first-order valence-electron chi connectivity index (χ1n) is 8.54. The molecule has 0 radical (unpaired) electrons. The van der Waals surface area contributed by atoms with Crippen LogP contribution in [-0.2, 0) is 9.53 Å². The van der Waals surface area contributed by atoms with E-state index in [4.69, 9.17) is 4.74 Å². The lowest BCUT2D eigenvalue weighted by molar-refractivity contribution is -0.134. The summed E-state index contributed by atoms with van der Waals surface area (Å²) in [5.74, 6) is 3.10. The zero-order valence-corrected chi connectivity index (χ0v) is 14.8. The molecule has 0 saturated heterocycles. The first kappa shape index (κ1) is 18.0. The molecule has 22 heavy (non-hydrogen) atoms. The molecule has 0 aromatic heterocycles. The summed E-state index contributed by atoms with van der Waals surface area (Å²) in [6, 6.07) is 0. The van der Waals surface area contributed by atoms with Gasteiger partial charge in [-0.2, -0.15) is 0 Å². The predicted molar refractivity (Wildman–Crippen MR) is 90.2 cm³/mol. The van der Waals surface area contributed by atoms with Gasteiger partial charge >= 0.3 is 0 Å². The van der Waals surface area contributed by atoms with Crippen LogP contribution in [0, 0.1) is 23.2 Å². The maximum atomic E-state index is 12.3. The summed E-state index contributed by atoms with van der Waals surface area (Å²) in [5, 5.41) is 3.16. The Kier molecular flexibility index (Phi) is 6.14. The van der Waals surface area contributed by atoms with E-state index in [9.17, 15) is 4.79 Å². The maximum absolute atomic E-state index is 12.3. The van der Waals surface area contributed by atoms with Crippen LogP contribution in [0.2, 0.25) is 0 Å². The van der Waals surface area contributed by atoms with Gasteiger partial charge in [-0.1, -0.05) is 0 Å². The molecule has 4 fully saturated rings. The highest BCUT2D eigenvalue weighted by molar-refractivity contribution is 5.85. The first-order chi connectivity index (χ1) is 10.1. The van der Waals surface area contributed by atoms with E-state index in [-0.39, 0.29) is 18.3 Å². The number of ether oxygens (including phenoxy) is 1. The van der Waals surface area contributed by atoms with Crippen LogP contribution in [-0.4, -0.2) is 51.2 Å². The summed E-state index contributed by atoms with van der Waals surface area (Å²) >= 11 is 0. The molecule has 4 aliphatic carbocycles. The van der Waals surface area contributed by atoms with Gasteiger partial charge in [0.1, 0.15) is 0 Å². The number of nitrogens with one attached hydrogen (secondary N) is 1. The molecule has 0 aliphatic heterocycles. The third kappa shape index (κ3) is 3.95. The number of methoxy groups -OCH3 is 1. The lowest BCUT2D eigenvalue weighted by atomic mass is 9.49. The van der Waals surface area contributed by atoms with Crippen LogP contribution >= 0.6 is 12.4 Å². The van der Waals surface area contributed by atoms with Gasteiger partial charge in [-0.25, -0.2) is 0 Å². The topological polar surface area (TPSA) is 41.6 Å². The number of nitrogens with zero attached hydrogens (tertiary/aromatic N) is 1. The van der Waals surface area contributed by atoms with Crippen molar-refractivity contribution in [1.82, 2.24) is 10.2 Å². The Morgan fingerprint density at radius 1 is 1.18 bits per heavy atom. The van der Waals surface area contributed by atoms with E-state index >= 15 is 0 Å². The van der Waals surface area contributed by atoms with Crippen molar-refractivity contribution in [3.63, 3.8) is 0 Å². The molecule has 1 amide bonds. The Morgan fingerprint density at radius 2 is 1.73 bits per heavy atom. The fourth-order valence-electron chi connectivity index (χ4n) is 5.58. The third-order valence-corrected chi connectivity index (χ3v) is 5.92. The van der Waals surface area contributed by atoms with Crippen molar-refractivity contribution >= 4 is 18.3 Å². The molecule has 0 unspecified atom stereocenters. The van der Waals surface area contributed by atoms with Gasteiger partial charge in [-0.05, 0) is 61.7 Å². The van der Waals surface area contributed by atoms with E-state index in [1.165, 1.54) is 38.5 Å². The van der Waals surface area contributed by atoms with Gasteiger partial charge in [0.05, 0.1) is 13.2 Å². The number of hydrogen-bond donors (Lipinski definition) is 1. The van der Waals surface area contributed by atoms with E-state index in [0.29, 0.717) is 18.6 Å². The van der Waals surface area contributed by atoms with Crippen LogP contribution in [0.3, 0.4) is 0 Å². The number of hydrogen-bond acceptors (Lipinski definition) is 3. The number of amides is 1. The Balaban J connectivity index is 0.00000176. The monoisotopic (exact) mass is 330 g/mol. The zero-order chi connectivity index (χ0) is 14.9. The summed E-state index contributed by atoms with van der Waals surface area (Å²) in [6.45, 7) is 2.81. The van der Waals surface area contributed by atoms with Crippen molar-refractivity contribution in [2.24, 2.45) is 23.2 Å². The quantitative estimate of drug-likeness (QED) is 0.728. The largest absolute Gasteiger partial charge is 0.383 e. The lowest BCUT2D eigenvalue weighted by Gasteiger charge is -2.57. The van der Waals surface area contributed by atoms with Crippen molar-refractivity contribution in [3.05, 3.63) is 0 Å². The standard InChI is InChI=1S/C17H30N2O2.ClH/c1-19(16(20)11-18-3-4-21-2)12-17-8-13-5-14(9-17)7-15(6-13)10-17;/h13-15,18H,3-12H2,1-2H3;1H. The number of likely N-dealkylation sites (N-methyl/N-ethyl adjacent to an activating group) is 1. The highest BCUT2D eigenvalue weighted by Gasteiger charge is 2.51. The molecule has 4 rings (SSSR count). The highest BCUT2D eigenvalue weighted by Crippen LogP contribution is 2.60. The summed E-state index contributed by atoms with van der Waals surface area (Å²) in [7, 11) is 3.67. The fraction of sp³-hybridized carbons (Fsp3) is 0.941. The van der Waals surface area contributed by atoms with Gasteiger partial charge in [0, 0.05) is 27.2 Å². The molecule has 1 N–H and O–H groups in total. The van der Waals surface area contributed by atoms with Gasteiger partial charge < -0.3 is 15.0 Å². The summed E-state index contributed by atoms with van der Waals surface area (Å²) < 4.78 is 4.99. The number of halogens is 1. The van der Waals surface area contributed by atoms with E-state index in [1.54, 1.807) is 7.11 Å². The van der Waals surface area contributed by atoms with Gasteiger partial charge in [0.15, 0.2) is 0 Å². The molecule has 0 spiro atoms. The fourth-order valence-corrected chi connectivity index (χ4v) is 5.58. The normalized spacial score (nSPS) is 35.3. The molecule has 4 aliphatic rings. The smallest absolute Gasteiger partial charge is 0.236 e. The molecule has 4 nitrogen and oxygen atoms in total. The van der Waals surface area contributed by atoms with Crippen LogP contribution in [0.25, 0.3) is 0 Å². The van der Waals surface area contributed by atoms with Crippen molar-refractivity contribution < 1.29 is 9.53 Å². The number of carbonyl (C=O) groups excluding carboxylic acids is 1. The molecule has 0 aromatic rings. The Morgan fingerprint density at radius 3 is 2.23 bits per heavy atom. The van der Waals surface area contributed by atoms with Crippen molar-refractivity contribution in [3.8, 4) is 0 Å². The lowest BCUT2D eigenvalue weighted by Crippen LogP contribution is -2.52.